The molecule has 0 rings (SSSR count). The van der Waals surface area contributed by atoms with Crippen molar-refractivity contribution >= 4 is 82.8 Å². The van der Waals surface area contributed by atoms with Crippen molar-refractivity contribution in [2.45, 2.75) is 376 Å². The Morgan fingerprint density at radius 2 is 0.562 bits per heavy atom. The fourth-order valence-corrected chi connectivity index (χ4v) is 10.2. The number of rotatable bonds is 63. The summed E-state index contributed by atoms with van der Waals surface area (Å²) in [6.07, 6.45) is 52.3. The minimum Gasteiger partial charge on any atom is -0.465 e. The molecular formula is C78H164Br3ClN6O8. The van der Waals surface area contributed by atoms with E-state index < -0.39 is 0 Å². The van der Waals surface area contributed by atoms with Gasteiger partial charge in [0.05, 0.1) is 24.6 Å². The summed E-state index contributed by atoms with van der Waals surface area (Å²) >= 11 is 8.99. The van der Waals surface area contributed by atoms with E-state index in [9.17, 15) is 19.2 Å². The zero-order valence-electron chi connectivity index (χ0n) is 65.7. The minimum absolute atomic E-state index is 0. The first-order valence-electron chi connectivity index (χ1n) is 39.8. The van der Waals surface area contributed by atoms with Crippen LogP contribution in [0, 0.1) is 0 Å². The maximum atomic E-state index is 11.9. The Labute approximate surface area is 628 Å². The molecule has 0 aromatic heterocycles. The van der Waals surface area contributed by atoms with Crippen LogP contribution < -0.4 is 16.4 Å². The van der Waals surface area contributed by atoms with Crippen LogP contribution in [-0.2, 0) is 33.4 Å². The molecule has 0 aliphatic heterocycles. The largest absolute Gasteiger partial charge is 0.465 e. The number of halogens is 4. The van der Waals surface area contributed by atoms with Gasteiger partial charge in [0.25, 0.3) is 0 Å². The van der Waals surface area contributed by atoms with Gasteiger partial charge in [-0.25, -0.2) is 0 Å². The van der Waals surface area contributed by atoms with Crippen molar-refractivity contribution in [2.24, 2.45) is 5.73 Å². The van der Waals surface area contributed by atoms with Crippen LogP contribution in [0.5, 0.6) is 0 Å². The van der Waals surface area contributed by atoms with E-state index in [0.717, 1.165) is 104 Å². The standard InChI is InChI=1S/2C21H44N2O2.C15H29BrO2.C12H26O.C6H16N2.C3H4Br2O.ClH/c2*1-5-8-9-10-11-12-13-14-15-16-19-25-21(24)20(4)22-17-18-23(6-2)7-3;1-3-4-5-6-7-8-9-10-11-12-13-18-15(17)14(2)16;1-2-3-4-5-6-7-8-9-10-11-12-13;1-3-8(4-2)6-5-7;1-2(4)3(5)6;/h2*20,22H,5-19H2,1-4H3;14H,3-13H2,1-2H3;13H,2-12H2,1H3;3-7H2,1-2H3;2H,1H3;1H. The lowest BCUT2D eigenvalue weighted by Gasteiger charge is -2.19. The molecule has 4 atom stereocenters. The number of carbonyl (C=O) groups is 4. The molecule has 582 valence electrons. The van der Waals surface area contributed by atoms with Gasteiger partial charge in [-0.15, -0.1) is 12.4 Å². The maximum absolute atomic E-state index is 11.9. The molecule has 4 unspecified atom stereocenters. The lowest BCUT2D eigenvalue weighted by atomic mass is 10.1. The van der Waals surface area contributed by atoms with Crippen molar-refractivity contribution < 1.29 is 38.5 Å². The van der Waals surface area contributed by atoms with Gasteiger partial charge in [-0.2, -0.15) is 0 Å². The summed E-state index contributed by atoms with van der Waals surface area (Å²) in [4.78, 5) is 51.7. The number of carbonyl (C=O) groups excluding carboxylic acids is 4. The van der Waals surface area contributed by atoms with E-state index in [1.807, 2.05) is 13.8 Å². The Morgan fingerprint density at radius 3 is 0.750 bits per heavy atom. The number of nitrogens with one attached hydrogen (secondary N) is 2. The summed E-state index contributed by atoms with van der Waals surface area (Å²) in [5, 5.41) is 15.1. The van der Waals surface area contributed by atoms with Crippen LogP contribution in [0.15, 0.2) is 0 Å². The van der Waals surface area contributed by atoms with Gasteiger partial charge in [0.1, 0.15) is 16.9 Å². The van der Waals surface area contributed by atoms with Gasteiger partial charge in [-0.3, -0.25) is 19.2 Å². The summed E-state index contributed by atoms with van der Waals surface area (Å²) in [7, 11) is 0. The van der Waals surface area contributed by atoms with E-state index in [1.165, 1.54) is 231 Å². The van der Waals surface area contributed by atoms with Gasteiger partial charge in [-0.1, -0.05) is 332 Å². The average Bonchev–Trinajstić information content (AvgIpc) is 3.53. The first kappa shape index (κ1) is 109. The van der Waals surface area contributed by atoms with Gasteiger partial charge >= 0.3 is 17.9 Å². The molecular weight excluding hydrogens is 1420 g/mol. The molecule has 0 aromatic carbocycles. The zero-order chi connectivity index (χ0) is 72.5. The topological polar surface area (TPSA) is 176 Å². The van der Waals surface area contributed by atoms with Gasteiger partial charge in [0.2, 0.25) is 4.69 Å². The highest BCUT2D eigenvalue weighted by Gasteiger charge is 2.15. The molecule has 0 amide bonds. The third-order valence-electron chi connectivity index (χ3n) is 17.0. The maximum Gasteiger partial charge on any atom is 0.322 e. The van der Waals surface area contributed by atoms with Crippen LogP contribution in [0.4, 0.5) is 0 Å². The number of ether oxygens (including phenoxy) is 3. The number of likely N-dealkylation sites (N-methyl/N-ethyl adjacent to an activating group) is 3. The van der Waals surface area contributed by atoms with E-state index in [-0.39, 0.29) is 56.7 Å². The van der Waals surface area contributed by atoms with Crippen LogP contribution in [0.3, 0.4) is 0 Å². The number of aliphatic hydroxyl groups is 1. The molecule has 5 N–H and O–H groups in total. The average molecular weight is 1590 g/mol. The van der Waals surface area contributed by atoms with Crippen molar-refractivity contribution in [1.29, 1.82) is 0 Å². The van der Waals surface area contributed by atoms with Crippen LogP contribution in [0.1, 0.15) is 354 Å². The van der Waals surface area contributed by atoms with Crippen molar-refractivity contribution in [3.63, 3.8) is 0 Å². The first-order valence-corrected chi connectivity index (χ1v) is 42.4. The predicted octanol–water partition coefficient (Wildman–Crippen LogP) is 21.1. The van der Waals surface area contributed by atoms with Crippen molar-refractivity contribution in [3.05, 3.63) is 0 Å². The molecule has 0 fully saturated rings. The fraction of sp³-hybridized carbons (Fsp3) is 0.949. The number of nitrogens with zero attached hydrogens (tertiary/aromatic N) is 3. The second-order valence-electron chi connectivity index (χ2n) is 25.7. The van der Waals surface area contributed by atoms with E-state index in [1.54, 1.807) is 13.8 Å². The Hall–Kier alpha value is -0.470. The number of unbranched alkanes of at least 4 members (excludes halogenated alkanes) is 36. The van der Waals surface area contributed by atoms with E-state index >= 15 is 0 Å². The zero-order valence-corrected chi connectivity index (χ0v) is 71.2. The van der Waals surface area contributed by atoms with Gasteiger partial charge in [0.15, 0.2) is 0 Å². The van der Waals surface area contributed by atoms with Crippen LogP contribution in [0.2, 0.25) is 0 Å². The van der Waals surface area contributed by atoms with Gasteiger partial charge in [-0.05, 0) is 109 Å². The van der Waals surface area contributed by atoms with Gasteiger partial charge in [0, 0.05) is 45.9 Å². The second kappa shape index (κ2) is 94.5. The molecule has 0 heterocycles. The first-order chi connectivity index (χ1) is 45.9. The highest BCUT2D eigenvalue weighted by molar-refractivity contribution is 9.20. The number of alkyl halides is 2. The summed E-state index contributed by atoms with van der Waals surface area (Å²) < 4.78 is 15.8. The lowest BCUT2D eigenvalue weighted by Crippen LogP contribution is -2.40. The summed E-state index contributed by atoms with van der Waals surface area (Å²) in [6, 6.07) is -0.419. The number of hydrogen-bond acceptors (Lipinski definition) is 14. The third-order valence-corrected chi connectivity index (χ3v) is 19.1. The second-order valence-corrected chi connectivity index (χ2v) is 29.2. The summed E-state index contributed by atoms with van der Waals surface area (Å²) in [5.74, 6) is -0.378. The summed E-state index contributed by atoms with van der Waals surface area (Å²) in [6.45, 7) is 43.3. The van der Waals surface area contributed by atoms with Crippen molar-refractivity contribution in [2.75, 3.05) is 105 Å². The highest BCUT2D eigenvalue weighted by atomic mass is 79.9. The quantitative estimate of drug-likeness (QED) is 0.0149. The number of hydrogen-bond donors (Lipinski definition) is 4. The Balaban J connectivity index is -0.000000209. The smallest absolute Gasteiger partial charge is 0.322 e. The monoisotopic (exact) mass is 1580 g/mol. The van der Waals surface area contributed by atoms with Crippen molar-refractivity contribution in [1.82, 2.24) is 25.3 Å². The van der Waals surface area contributed by atoms with Crippen LogP contribution >= 0.6 is 60.2 Å². The molecule has 0 aliphatic rings. The number of esters is 3. The molecule has 0 spiro atoms. The normalized spacial score (nSPS) is 12.0. The number of aliphatic hydroxyl groups excluding tert-OH is 1. The number of nitrogens with two attached hydrogens (primary N) is 1. The molecule has 0 saturated heterocycles. The summed E-state index contributed by atoms with van der Waals surface area (Å²) in [5.41, 5.74) is 5.34. The molecule has 0 radical (unpaired) electrons. The van der Waals surface area contributed by atoms with Crippen LogP contribution in [-0.4, -0.2) is 169 Å². The molecule has 0 saturated carbocycles. The molecule has 0 bridgehead atoms. The Bertz CT molecular complexity index is 1420. The fourth-order valence-electron chi connectivity index (χ4n) is 10.1. The molecule has 0 aliphatic carbocycles. The molecule has 0 aromatic rings. The SMILES string of the molecule is CC(Br)C(=O)Br.CCCCCCCCCCCCO.CCCCCCCCCCCCOC(=O)C(C)Br.CCCCCCCCCCCCOC(=O)C(C)NCCN(CC)CC.CCCCCCCCCCCCOC(=O)C(C)NCCN(CC)CC.CCN(CC)CCN.Cl. The Kier molecular flexibility index (Phi) is 107. The third kappa shape index (κ3) is 95.6. The van der Waals surface area contributed by atoms with Gasteiger partial charge < -0.3 is 50.4 Å². The lowest BCUT2D eigenvalue weighted by molar-refractivity contribution is -0.146. The van der Waals surface area contributed by atoms with Crippen LogP contribution in [0.25, 0.3) is 0 Å². The Morgan fingerprint density at radius 1 is 0.354 bits per heavy atom. The molecule has 18 heteroatoms. The predicted molar refractivity (Wildman–Crippen MR) is 433 cm³/mol. The molecule has 14 nitrogen and oxygen atoms in total. The molecule has 96 heavy (non-hydrogen) atoms. The van der Waals surface area contributed by atoms with Crippen molar-refractivity contribution in [3.8, 4) is 0 Å². The minimum atomic E-state index is -0.210. The van der Waals surface area contributed by atoms with E-state index in [0.29, 0.717) is 26.4 Å². The van der Waals surface area contributed by atoms with E-state index in [4.69, 9.17) is 25.1 Å². The highest BCUT2D eigenvalue weighted by Crippen LogP contribution is 2.15. The van der Waals surface area contributed by atoms with E-state index in [2.05, 4.69) is 142 Å².